The Hall–Kier alpha value is -2.60. The third-order valence-corrected chi connectivity index (χ3v) is 5.48. The number of fused-ring (bicyclic) bond motifs is 1. The van der Waals surface area contributed by atoms with Gasteiger partial charge in [-0.3, -0.25) is 10.1 Å². The highest BCUT2D eigenvalue weighted by Gasteiger charge is 2.26. The highest BCUT2D eigenvalue weighted by molar-refractivity contribution is 5.48. The van der Waals surface area contributed by atoms with Crippen LogP contribution in [-0.2, 0) is 6.42 Å². The first-order valence-electron chi connectivity index (χ1n) is 9.32. The van der Waals surface area contributed by atoms with E-state index in [0.29, 0.717) is 5.92 Å². The zero-order valence-corrected chi connectivity index (χ0v) is 15.8. The number of hydrogen-bond acceptors (Lipinski definition) is 5. The Balaban J connectivity index is 1.88. The molecule has 0 amide bonds. The van der Waals surface area contributed by atoms with Crippen molar-refractivity contribution < 1.29 is 14.8 Å². The Morgan fingerprint density at radius 2 is 2.15 bits per heavy atom. The van der Waals surface area contributed by atoms with E-state index in [1.807, 2.05) is 13.1 Å². The van der Waals surface area contributed by atoms with Crippen molar-refractivity contribution in [1.82, 2.24) is 5.32 Å². The number of aromatic hydroxyl groups is 1. The molecule has 0 saturated carbocycles. The first kappa shape index (κ1) is 19.2. The molecule has 27 heavy (non-hydrogen) atoms. The number of phenols is 1. The molecule has 0 bridgehead atoms. The van der Waals surface area contributed by atoms with Crippen molar-refractivity contribution in [3.8, 4) is 11.5 Å². The Morgan fingerprint density at radius 3 is 2.85 bits per heavy atom. The van der Waals surface area contributed by atoms with Crippen molar-refractivity contribution in [1.29, 1.82) is 0 Å². The van der Waals surface area contributed by atoms with Crippen molar-refractivity contribution >= 4 is 5.69 Å². The van der Waals surface area contributed by atoms with Crippen molar-refractivity contribution in [2.45, 2.75) is 37.5 Å². The highest BCUT2D eigenvalue weighted by atomic mass is 16.6. The first-order valence-corrected chi connectivity index (χ1v) is 9.32. The second-order valence-electron chi connectivity index (χ2n) is 7.15. The van der Waals surface area contributed by atoms with Gasteiger partial charge in [-0.2, -0.15) is 0 Å². The number of likely N-dealkylation sites (N-methyl/N-ethyl adjacent to an activating group) is 1. The van der Waals surface area contributed by atoms with Crippen molar-refractivity contribution in [2.75, 3.05) is 20.7 Å². The molecule has 0 saturated heterocycles. The predicted molar refractivity (Wildman–Crippen MR) is 105 cm³/mol. The van der Waals surface area contributed by atoms with E-state index in [4.69, 9.17) is 4.74 Å². The van der Waals surface area contributed by atoms with E-state index in [1.54, 1.807) is 13.2 Å². The maximum atomic E-state index is 11.2. The standard InChI is InChI=1S/C21H26N2O4/c1-22-13-17(14-6-9-21(24)20(12-14)23(25)26)10-15-4-3-5-16-11-18(27-2)7-8-19(15)16/h6-9,11-12,15,17,22,24H,3-5,10,13H2,1-2H3. The van der Waals surface area contributed by atoms with Crippen LogP contribution in [0.4, 0.5) is 5.69 Å². The van der Waals surface area contributed by atoms with Crippen LogP contribution >= 0.6 is 0 Å². The van der Waals surface area contributed by atoms with Crippen LogP contribution in [0.3, 0.4) is 0 Å². The fraction of sp³-hybridized carbons (Fsp3) is 0.429. The van der Waals surface area contributed by atoms with Gasteiger partial charge in [0, 0.05) is 12.6 Å². The Bertz CT molecular complexity index is 822. The third kappa shape index (κ3) is 4.22. The number of rotatable bonds is 7. The van der Waals surface area contributed by atoms with Crippen molar-refractivity contribution in [2.24, 2.45) is 0 Å². The van der Waals surface area contributed by atoms with Gasteiger partial charge in [-0.05, 0) is 79.5 Å². The molecule has 0 aromatic heterocycles. The topological polar surface area (TPSA) is 84.6 Å². The van der Waals surface area contributed by atoms with Gasteiger partial charge >= 0.3 is 5.69 Å². The average Bonchev–Trinajstić information content (AvgIpc) is 2.67. The van der Waals surface area contributed by atoms with Crippen LogP contribution in [0.15, 0.2) is 36.4 Å². The van der Waals surface area contributed by atoms with E-state index in [2.05, 4.69) is 17.4 Å². The molecule has 0 radical (unpaired) electrons. The second kappa shape index (κ2) is 8.39. The molecule has 6 nitrogen and oxygen atoms in total. The van der Waals surface area contributed by atoms with Crippen molar-refractivity contribution in [3.05, 3.63) is 63.2 Å². The normalized spacial score (nSPS) is 17.2. The summed E-state index contributed by atoms with van der Waals surface area (Å²) in [7, 11) is 3.57. The minimum Gasteiger partial charge on any atom is -0.502 e. The molecule has 2 aromatic carbocycles. The number of nitrogens with one attached hydrogen (secondary N) is 1. The number of nitro groups is 1. The molecule has 0 aliphatic heterocycles. The maximum Gasteiger partial charge on any atom is 0.310 e. The number of phenolic OH excluding ortho intramolecular Hbond substituents is 1. The van der Waals surface area contributed by atoms with E-state index in [1.165, 1.54) is 23.3 Å². The summed E-state index contributed by atoms with van der Waals surface area (Å²) in [4.78, 5) is 10.7. The molecule has 0 spiro atoms. The molecule has 144 valence electrons. The maximum absolute atomic E-state index is 11.2. The van der Waals surface area contributed by atoms with E-state index in [-0.39, 0.29) is 17.4 Å². The summed E-state index contributed by atoms with van der Waals surface area (Å²) in [6, 6.07) is 11.0. The van der Waals surface area contributed by atoms with Crippen LogP contribution in [0.5, 0.6) is 11.5 Å². The van der Waals surface area contributed by atoms with Gasteiger partial charge < -0.3 is 15.2 Å². The molecule has 2 aromatic rings. The van der Waals surface area contributed by atoms with Crippen LogP contribution < -0.4 is 10.1 Å². The molecule has 1 aliphatic rings. The zero-order chi connectivity index (χ0) is 19.4. The number of nitro benzene ring substituents is 1. The molecule has 2 atom stereocenters. The van der Waals surface area contributed by atoms with Gasteiger partial charge in [0.1, 0.15) is 5.75 Å². The first-order chi connectivity index (χ1) is 13.0. The van der Waals surface area contributed by atoms with E-state index < -0.39 is 4.92 Å². The fourth-order valence-electron chi connectivity index (χ4n) is 4.13. The number of hydrogen-bond donors (Lipinski definition) is 2. The molecule has 2 N–H and O–H groups in total. The Morgan fingerprint density at radius 1 is 1.33 bits per heavy atom. The van der Waals surface area contributed by atoms with Crippen LogP contribution in [0, 0.1) is 10.1 Å². The molecule has 6 heteroatoms. The van der Waals surface area contributed by atoms with Crippen LogP contribution in [0.1, 0.15) is 47.8 Å². The number of nitrogens with zero attached hydrogens (tertiary/aromatic N) is 1. The number of ether oxygens (including phenoxy) is 1. The van der Waals surface area contributed by atoms with Crippen LogP contribution in [-0.4, -0.2) is 30.7 Å². The minimum atomic E-state index is -0.530. The van der Waals surface area contributed by atoms with Crippen LogP contribution in [0.2, 0.25) is 0 Å². The molecule has 1 aliphatic carbocycles. The van der Waals surface area contributed by atoms with Gasteiger partial charge in [0.25, 0.3) is 0 Å². The molecule has 2 unspecified atom stereocenters. The molecular weight excluding hydrogens is 344 g/mol. The monoisotopic (exact) mass is 370 g/mol. The van der Waals surface area contributed by atoms with Crippen LogP contribution in [0.25, 0.3) is 0 Å². The summed E-state index contributed by atoms with van der Waals surface area (Å²) in [5.74, 6) is 1.13. The summed E-state index contributed by atoms with van der Waals surface area (Å²) in [5.41, 5.74) is 3.35. The van der Waals surface area contributed by atoms with Gasteiger partial charge in [-0.1, -0.05) is 12.1 Å². The Labute approximate surface area is 159 Å². The minimum absolute atomic E-state index is 0.132. The summed E-state index contributed by atoms with van der Waals surface area (Å²) >= 11 is 0. The summed E-state index contributed by atoms with van der Waals surface area (Å²) in [6.45, 7) is 0.726. The van der Waals surface area contributed by atoms with Gasteiger partial charge in [0.2, 0.25) is 0 Å². The number of benzene rings is 2. The largest absolute Gasteiger partial charge is 0.502 e. The summed E-state index contributed by atoms with van der Waals surface area (Å²) in [5, 5.41) is 24.1. The van der Waals surface area contributed by atoms with Crippen molar-refractivity contribution in [3.63, 3.8) is 0 Å². The summed E-state index contributed by atoms with van der Waals surface area (Å²) < 4.78 is 5.35. The third-order valence-electron chi connectivity index (χ3n) is 5.48. The molecular formula is C21H26N2O4. The molecule has 0 heterocycles. The lowest BCUT2D eigenvalue weighted by Gasteiger charge is -2.29. The average molecular weight is 370 g/mol. The zero-order valence-electron chi connectivity index (χ0n) is 15.8. The molecule has 0 fully saturated rings. The SMILES string of the molecule is CNCC(CC1CCCc2cc(OC)ccc21)c1ccc(O)c([N+](=O)[O-])c1. The second-order valence-corrected chi connectivity index (χ2v) is 7.15. The predicted octanol–water partition coefficient (Wildman–Crippen LogP) is 4.12. The Kier molecular flexibility index (Phi) is 5.96. The van der Waals surface area contributed by atoms with Gasteiger partial charge in [-0.15, -0.1) is 0 Å². The fourth-order valence-corrected chi connectivity index (χ4v) is 4.13. The van der Waals surface area contributed by atoms with E-state index in [0.717, 1.165) is 43.5 Å². The molecule has 3 rings (SSSR count). The lowest BCUT2D eigenvalue weighted by atomic mass is 9.76. The lowest BCUT2D eigenvalue weighted by Crippen LogP contribution is -2.21. The van der Waals surface area contributed by atoms with Gasteiger partial charge in [0.15, 0.2) is 5.75 Å². The number of aryl methyl sites for hydroxylation is 1. The van der Waals surface area contributed by atoms with E-state index in [9.17, 15) is 15.2 Å². The highest BCUT2D eigenvalue weighted by Crippen LogP contribution is 2.40. The lowest BCUT2D eigenvalue weighted by molar-refractivity contribution is -0.385. The quantitative estimate of drug-likeness (QED) is 0.566. The summed E-state index contributed by atoms with van der Waals surface area (Å²) in [6.07, 6.45) is 4.21. The van der Waals surface area contributed by atoms with Gasteiger partial charge in [0.05, 0.1) is 12.0 Å². The van der Waals surface area contributed by atoms with Gasteiger partial charge in [-0.25, -0.2) is 0 Å². The smallest absolute Gasteiger partial charge is 0.310 e. The number of methoxy groups -OCH3 is 1. The van der Waals surface area contributed by atoms with E-state index >= 15 is 0 Å².